The van der Waals surface area contributed by atoms with Gasteiger partial charge in [0.15, 0.2) is 0 Å². The second-order valence-corrected chi connectivity index (χ2v) is 6.12. The van der Waals surface area contributed by atoms with Crippen LogP contribution in [0.2, 0.25) is 0 Å². The van der Waals surface area contributed by atoms with Gasteiger partial charge in [0.1, 0.15) is 11.4 Å². The normalized spacial score (nSPS) is 26.2. The fraction of sp³-hybridized carbons (Fsp3) is 0.375. The lowest BCUT2D eigenvalue weighted by Crippen LogP contribution is -2.35. The average molecular weight is 305 g/mol. The highest BCUT2D eigenvalue weighted by molar-refractivity contribution is 9.10. The molecule has 0 radical (unpaired) electrons. The summed E-state index contributed by atoms with van der Waals surface area (Å²) in [7, 11) is 0. The number of hydrogen-bond donors (Lipinski definition) is 0. The van der Waals surface area contributed by atoms with Crippen molar-refractivity contribution in [1.82, 2.24) is 0 Å². The van der Waals surface area contributed by atoms with Gasteiger partial charge in [-0.15, -0.1) is 0 Å². The van der Waals surface area contributed by atoms with Crippen LogP contribution in [0.3, 0.4) is 0 Å². The first-order valence-corrected chi connectivity index (χ1v) is 7.34. The molecule has 0 amide bonds. The van der Waals surface area contributed by atoms with E-state index in [0.717, 1.165) is 22.2 Å². The number of fused-ring (bicyclic) bond motifs is 1. The van der Waals surface area contributed by atoms with Crippen molar-refractivity contribution >= 4 is 22.0 Å². The molecule has 0 unspecified atom stereocenters. The number of benzene rings is 1. The first kappa shape index (κ1) is 12.0. The predicted octanol–water partition coefficient (Wildman–Crippen LogP) is 5.11. The molecular formula is C16H17BrO. The highest BCUT2D eigenvalue weighted by Gasteiger charge is 2.31. The highest BCUT2D eigenvalue weighted by atomic mass is 79.9. The van der Waals surface area contributed by atoms with E-state index >= 15 is 0 Å². The van der Waals surface area contributed by atoms with Crippen molar-refractivity contribution in [2.45, 2.75) is 38.2 Å². The molecule has 1 aliphatic heterocycles. The predicted molar refractivity (Wildman–Crippen MR) is 78.8 cm³/mol. The molecule has 2 aliphatic rings. The van der Waals surface area contributed by atoms with Crippen molar-refractivity contribution < 1.29 is 4.74 Å². The molecule has 0 spiro atoms. The van der Waals surface area contributed by atoms with Gasteiger partial charge >= 0.3 is 0 Å². The van der Waals surface area contributed by atoms with Crippen molar-refractivity contribution in [3.63, 3.8) is 0 Å². The molecule has 1 heterocycles. The number of ether oxygens (including phenoxy) is 1. The Morgan fingerprint density at radius 2 is 2.17 bits per heavy atom. The number of hydrogen-bond acceptors (Lipinski definition) is 1. The Morgan fingerprint density at radius 1 is 1.28 bits per heavy atom. The first-order chi connectivity index (χ1) is 8.67. The first-order valence-electron chi connectivity index (χ1n) is 6.55. The maximum Gasteiger partial charge on any atom is 0.146 e. The molecule has 3 rings (SSSR count). The van der Waals surface area contributed by atoms with Crippen molar-refractivity contribution in [1.29, 1.82) is 0 Å². The Morgan fingerprint density at radius 3 is 2.94 bits per heavy atom. The lowest BCUT2D eigenvalue weighted by atomic mass is 9.85. The molecule has 18 heavy (non-hydrogen) atoms. The van der Waals surface area contributed by atoms with Crippen LogP contribution in [0.1, 0.15) is 38.2 Å². The van der Waals surface area contributed by atoms with Gasteiger partial charge in [0, 0.05) is 10.0 Å². The van der Waals surface area contributed by atoms with Crippen LogP contribution in [-0.4, -0.2) is 5.60 Å². The smallest absolute Gasteiger partial charge is 0.146 e. The zero-order chi connectivity index (χ0) is 12.6. The van der Waals surface area contributed by atoms with E-state index < -0.39 is 0 Å². The van der Waals surface area contributed by atoms with Crippen LogP contribution in [0.25, 0.3) is 6.08 Å². The van der Waals surface area contributed by atoms with Gasteiger partial charge in [-0.3, -0.25) is 0 Å². The molecule has 1 aliphatic carbocycles. The third-order valence-corrected chi connectivity index (χ3v) is 4.30. The highest BCUT2D eigenvalue weighted by Crippen LogP contribution is 2.38. The summed E-state index contributed by atoms with van der Waals surface area (Å²) in [6.45, 7) is 2.17. The van der Waals surface area contributed by atoms with Crippen LogP contribution in [0.15, 0.2) is 40.4 Å². The molecule has 0 saturated heterocycles. The Hall–Kier alpha value is -1.02. The third-order valence-electron chi connectivity index (χ3n) is 3.80. The lowest BCUT2D eigenvalue weighted by molar-refractivity contribution is 0.169. The molecule has 0 bridgehead atoms. The van der Waals surface area contributed by atoms with Gasteiger partial charge in [0.2, 0.25) is 0 Å². The Kier molecular flexibility index (Phi) is 3.06. The monoisotopic (exact) mass is 304 g/mol. The zero-order valence-corrected chi connectivity index (χ0v) is 12.2. The Balaban J connectivity index is 1.95. The second kappa shape index (κ2) is 4.58. The second-order valence-electron chi connectivity index (χ2n) is 5.20. The van der Waals surface area contributed by atoms with Crippen LogP contribution in [0, 0.1) is 0 Å². The summed E-state index contributed by atoms with van der Waals surface area (Å²) in [5.41, 5.74) is 2.33. The minimum absolute atomic E-state index is 0.249. The molecule has 0 fully saturated rings. The van der Waals surface area contributed by atoms with Gasteiger partial charge < -0.3 is 4.74 Å². The quantitative estimate of drug-likeness (QED) is 0.655. The number of rotatable bonds is 1. The van der Waals surface area contributed by atoms with Crippen LogP contribution >= 0.6 is 15.9 Å². The summed E-state index contributed by atoms with van der Waals surface area (Å²) in [5, 5.41) is 0. The molecule has 0 saturated carbocycles. The van der Waals surface area contributed by atoms with Crippen LogP contribution < -0.4 is 4.74 Å². The summed E-state index contributed by atoms with van der Waals surface area (Å²) < 4.78 is 7.33. The van der Waals surface area contributed by atoms with Crippen molar-refractivity contribution in [3.05, 3.63) is 46.0 Å². The molecule has 2 heteroatoms. The largest absolute Gasteiger partial charge is 0.478 e. The van der Waals surface area contributed by atoms with E-state index in [1.165, 1.54) is 24.8 Å². The van der Waals surface area contributed by atoms with Gasteiger partial charge in [-0.1, -0.05) is 28.1 Å². The third kappa shape index (κ3) is 2.14. The summed E-state index contributed by atoms with van der Waals surface area (Å²) in [6, 6.07) is 6.18. The van der Waals surface area contributed by atoms with Crippen molar-refractivity contribution in [3.8, 4) is 5.75 Å². The summed E-state index contributed by atoms with van der Waals surface area (Å²) in [6.07, 6.45) is 11.7. The van der Waals surface area contributed by atoms with E-state index in [9.17, 15) is 0 Å². The van der Waals surface area contributed by atoms with Gasteiger partial charge in [0.25, 0.3) is 0 Å². The molecular weight excluding hydrogens is 288 g/mol. The minimum atomic E-state index is -0.249. The molecule has 94 valence electrons. The van der Waals surface area contributed by atoms with Crippen LogP contribution in [0.4, 0.5) is 0 Å². The Labute approximate surface area is 117 Å². The van der Waals surface area contributed by atoms with E-state index in [0.29, 0.717) is 0 Å². The molecule has 0 N–H and O–H groups in total. The average Bonchev–Trinajstić information content (AvgIpc) is 2.40. The van der Waals surface area contributed by atoms with Gasteiger partial charge in [0.05, 0.1) is 0 Å². The van der Waals surface area contributed by atoms with E-state index in [4.69, 9.17) is 4.74 Å². The SMILES string of the molecule is C[C@]1(C2=CCCCC2)C=Cc2cc(Br)ccc2O1. The Bertz CT molecular complexity index is 530. The molecule has 1 atom stereocenters. The topological polar surface area (TPSA) is 9.23 Å². The van der Waals surface area contributed by atoms with Crippen LogP contribution in [0.5, 0.6) is 5.75 Å². The number of allylic oxidation sites excluding steroid dienone is 1. The minimum Gasteiger partial charge on any atom is -0.478 e. The summed E-state index contributed by atoms with van der Waals surface area (Å²) in [4.78, 5) is 0. The van der Waals surface area contributed by atoms with E-state index in [1.54, 1.807) is 0 Å². The van der Waals surface area contributed by atoms with E-state index in [-0.39, 0.29) is 5.60 Å². The van der Waals surface area contributed by atoms with Crippen LogP contribution in [-0.2, 0) is 0 Å². The molecule has 1 aromatic carbocycles. The molecule has 1 nitrogen and oxygen atoms in total. The lowest BCUT2D eigenvalue weighted by Gasteiger charge is -2.35. The summed E-state index contributed by atoms with van der Waals surface area (Å²) in [5.74, 6) is 0.981. The van der Waals surface area contributed by atoms with E-state index in [2.05, 4.69) is 47.1 Å². The molecule has 1 aromatic rings. The maximum atomic E-state index is 6.24. The standard InChI is InChI=1S/C16H17BrO/c1-16(13-5-3-2-4-6-13)10-9-12-11-14(17)7-8-15(12)18-16/h5,7-11H,2-4,6H2,1H3/t16-/m1/s1. The molecule has 0 aromatic heterocycles. The zero-order valence-electron chi connectivity index (χ0n) is 10.6. The fourth-order valence-electron chi connectivity index (χ4n) is 2.72. The van der Waals surface area contributed by atoms with Crippen molar-refractivity contribution in [2.24, 2.45) is 0 Å². The van der Waals surface area contributed by atoms with Gasteiger partial charge in [-0.2, -0.15) is 0 Å². The fourth-order valence-corrected chi connectivity index (χ4v) is 3.09. The maximum absolute atomic E-state index is 6.24. The summed E-state index contributed by atoms with van der Waals surface area (Å²) >= 11 is 3.49. The van der Waals surface area contributed by atoms with Gasteiger partial charge in [-0.05, 0) is 62.5 Å². The number of halogens is 1. The van der Waals surface area contributed by atoms with E-state index in [1.807, 2.05) is 12.1 Å². The van der Waals surface area contributed by atoms with Gasteiger partial charge in [-0.25, -0.2) is 0 Å². The van der Waals surface area contributed by atoms with Crippen molar-refractivity contribution in [2.75, 3.05) is 0 Å².